The van der Waals surface area contributed by atoms with E-state index in [2.05, 4.69) is 70.5 Å². The van der Waals surface area contributed by atoms with Gasteiger partial charge in [0.1, 0.15) is 0 Å². The zero-order chi connectivity index (χ0) is 15.4. The van der Waals surface area contributed by atoms with Gasteiger partial charge in [0.15, 0.2) is 0 Å². The molecule has 2 aliphatic rings. The zero-order valence-corrected chi connectivity index (χ0v) is 14.5. The minimum Gasteiger partial charge on any atom is -0.0620 e. The highest BCUT2D eigenvalue weighted by Gasteiger charge is 2.22. The molecule has 112 valence electrons. The summed E-state index contributed by atoms with van der Waals surface area (Å²) >= 11 is 3.88. The van der Waals surface area contributed by atoms with E-state index in [1.807, 2.05) is 0 Å². The molecule has 0 aromatic heterocycles. The molecule has 0 N–H and O–H groups in total. The maximum Gasteiger partial charge on any atom is 0.00387 e. The second kappa shape index (κ2) is 5.07. The summed E-state index contributed by atoms with van der Waals surface area (Å²) < 4.78 is 1.34. The molecule has 0 unspecified atom stereocenters. The van der Waals surface area contributed by atoms with Gasteiger partial charge >= 0.3 is 0 Å². The highest BCUT2D eigenvalue weighted by molar-refractivity contribution is 9.11. The molecule has 5 rings (SSSR count). The van der Waals surface area contributed by atoms with Gasteiger partial charge in [-0.1, -0.05) is 70.5 Å². The van der Waals surface area contributed by atoms with E-state index in [0.717, 1.165) is 12.8 Å². The topological polar surface area (TPSA) is 0 Å². The molecule has 0 heterocycles. The first-order valence-corrected chi connectivity index (χ1v) is 9.13. The number of fused-ring (bicyclic) bond motifs is 1. The Labute approximate surface area is 145 Å². The Morgan fingerprint density at radius 2 is 1.35 bits per heavy atom. The Kier molecular flexibility index (Phi) is 2.99. The molecule has 3 aromatic carbocycles. The quantitative estimate of drug-likeness (QED) is 0.496. The maximum absolute atomic E-state index is 3.88. The van der Waals surface area contributed by atoms with Gasteiger partial charge < -0.3 is 0 Å². The fraction of sp³-hybridized carbons (Fsp3) is 0.182. The van der Waals surface area contributed by atoms with Gasteiger partial charge in [-0.3, -0.25) is 0 Å². The van der Waals surface area contributed by atoms with E-state index in [-0.39, 0.29) is 0 Å². The van der Waals surface area contributed by atoms with E-state index in [4.69, 9.17) is 0 Å². The van der Waals surface area contributed by atoms with Crippen molar-refractivity contribution in [3.8, 4) is 0 Å². The molecule has 0 saturated heterocycles. The van der Waals surface area contributed by atoms with Gasteiger partial charge in [-0.05, 0) is 69.8 Å². The van der Waals surface area contributed by atoms with Crippen LogP contribution >= 0.6 is 15.9 Å². The number of hydrogen-bond donors (Lipinski definition) is 0. The van der Waals surface area contributed by atoms with E-state index in [0.29, 0.717) is 0 Å². The molecule has 0 aliphatic heterocycles. The number of benzene rings is 3. The van der Waals surface area contributed by atoms with Crippen molar-refractivity contribution in [1.29, 1.82) is 0 Å². The average molecular weight is 361 g/mol. The van der Waals surface area contributed by atoms with Crippen molar-refractivity contribution in [3.63, 3.8) is 0 Å². The fourth-order valence-corrected chi connectivity index (χ4v) is 4.88. The van der Waals surface area contributed by atoms with Crippen LogP contribution in [0, 0.1) is 0 Å². The smallest absolute Gasteiger partial charge is 0.00387 e. The van der Waals surface area contributed by atoms with Crippen molar-refractivity contribution in [3.05, 3.63) is 86.9 Å². The Hall–Kier alpha value is -1.86. The van der Waals surface area contributed by atoms with E-state index in [1.165, 1.54) is 61.5 Å². The molecule has 2 aliphatic carbocycles. The van der Waals surface area contributed by atoms with Crippen LogP contribution in [0.15, 0.2) is 59.1 Å². The summed E-state index contributed by atoms with van der Waals surface area (Å²) in [5.74, 6) is 0. The molecule has 0 nitrogen and oxygen atoms in total. The summed E-state index contributed by atoms with van der Waals surface area (Å²) in [6.07, 6.45) is 4.59. The van der Waals surface area contributed by atoms with Crippen molar-refractivity contribution < 1.29 is 0 Å². The summed E-state index contributed by atoms with van der Waals surface area (Å²) in [5.41, 5.74) is 8.66. The average Bonchev–Trinajstić information content (AvgIpc) is 3.01. The first-order chi connectivity index (χ1) is 11.3. The third kappa shape index (κ3) is 1.96. The molecule has 3 aromatic rings. The van der Waals surface area contributed by atoms with E-state index in [1.54, 1.807) is 0 Å². The lowest BCUT2D eigenvalue weighted by atomic mass is 9.84. The first kappa shape index (κ1) is 13.6. The van der Waals surface area contributed by atoms with E-state index in [9.17, 15) is 0 Å². The van der Waals surface area contributed by atoms with Crippen molar-refractivity contribution in [2.75, 3.05) is 0 Å². The summed E-state index contributed by atoms with van der Waals surface area (Å²) in [6, 6.07) is 20.4. The van der Waals surface area contributed by atoms with Gasteiger partial charge in [-0.2, -0.15) is 0 Å². The monoisotopic (exact) mass is 360 g/mol. The number of aryl methyl sites for hydroxylation is 3. The normalized spacial score (nSPS) is 16.0. The molecular formula is C22H17Br. The predicted octanol–water partition coefficient (Wildman–Crippen LogP) is 6.04. The highest BCUT2D eigenvalue weighted by atomic mass is 79.9. The lowest BCUT2D eigenvalue weighted by Crippen LogP contribution is -2.04. The van der Waals surface area contributed by atoms with Crippen LogP contribution in [0.25, 0.3) is 16.3 Å². The minimum atomic E-state index is 1.09. The van der Waals surface area contributed by atoms with E-state index >= 15 is 0 Å². The van der Waals surface area contributed by atoms with Gasteiger partial charge in [-0.25, -0.2) is 0 Å². The molecule has 0 bridgehead atoms. The van der Waals surface area contributed by atoms with Crippen LogP contribution in [-0.2, 0) is 19.3 Å². The largest absolute Gasteiger partial charge is 0.0620 e. The third-order valence-electron chi connectivity index (χ3n) is 5.32. The number of allylic oxidation sites excluding steroid dienone is 1. The van der Waals surface area contributed by atoms with Crippen LogP contribution in [0.4, 0.5) is 0 Å². The van der Waals surface area contributed by atoms with Crippen molar-refractivity contribution in [1.82, 2.24) is 0 Å². The molecule has 0 amide bonds. The van der Waals surface area contributed by atoms with Crippen LogP contribution < -0.4 is 0 Å². The first-order valence-electron chi connectivity index (χ1n) is 8.34. The van der Waals surface area contributed by atoms with Gasteiger partial charge in [0.05, 0.1) is 0 Å². The molecule has 0 radical (unpaired) electrons. The van der Waals surface area contributed by atoms with Crippen LogP contribution in [0.3, 0.4) is 0 Å². The second-order valence-electron chi connectivity index (χ2n) is 6.55. The lowest BCUT2D eigenvalue weighted by molar-refractivity contribution is 0.969. The van der Waals surface area contributed by atoms with Gasteiger partial charge in [0.2, 0.25) is 0 Å². The van der Waals surface area contributed by atoms with Gasteiger partial charge in [-0.15, -0.1) is 0 Å². The summed E-state index contributed by atoms with van der Waals surface area (Å²) in [6.45, 7) is 0. The van der Waals surface area contributed by atoms with Crippen LogP contribution in [0.2, 0.25) is 0 Å². The predicted molar refractivity (Wildman–Crippen MR) is 101 cm³/mol. The van der Waals surface area contributed by atoms with Crippen molar-refractivity contribution in [2.45, 2.75) is 25.7 Å². The Morgan fingerprint density at radius 3 is 2.26 bits per heavy atom. The van der Waals surface area contributed by atoms with Crippen LogP contribution in [-0.4, -0.2) is 0 Å². The van der Waals surface area contributed by atoms with Crippen molar-refractivity contribution in [2.24, 2.45) is 0 Å². The number of halogens is 1. The second-order valence-corrected chi connectivity index (χ2v) is 7.51. The highest BCUT2D eigenvalue weighted by Crippen LogP contribution is 2.43. The summed E-state index contributed by atoms with van der Waals surface area (Å²) in [4.78, 5) is 0. The lowest BCUT2D eigenvalue weighted by Gasteiger charge is -2.22. The Bertz CT molecular complexity index is 968. The summed E-state index contributed by atoms with van der Waals surface area (Å²) in [7, 11) is 0. The Morgan fingerprint density at radius 1 is 0.609 bits per heavy atom. The molecule has 23 heavy (non-hydrogen) atoms. The molecule has 1 heteroatoms. The SMILES string of the molecule is BrC1=C(c2ccc3c4c(cccc24)CC3)c2ccccc2CC1. The van der Waals surface area contributed by atoms with Crippen LogP contribution in [0.5, 0.6) is 0 Å². The number of rotatable bonds is 1. The van der Waals surface area contributed by atoms with Crippen molar-refractivity contribution >= 4 is 32.3 Å². The Balaban J connectivity index is 1.85. The summed E-state index contributed by atoms with van der Waals surface area (Å²) in [5, 5.41) is 2.92. The molecular weight excluding hydrogens is 344 g/mol. The van der Waals surface area contributed by atoms with Gasteiger partial charge in [0.25, 0.3) is 0 Å². The zero-order valence-electron chi connectivity index (χ0n) is 12.9. The molecule has 0 saturated carbocycles. The molecule has 0 fully saturated rings. The van der Waals surface area contributed by atoms with Gasteiger partial charge in [0, 0.05) is 4.48 Å². The minimum absolute atomic E-state index is 1.09. The standard InChI is InChI=1S/C22H17Br/c23-20-13-11-14-4-1-2-6-17(14)22(20)19-12-10-16-9-8-15-5-3-7-18(19)21(15)16/h1-7,10,12H,8-9,11,13H2. The molecule has 0 spiro atoms. The fourth-order valence-electron chi connectivity index (χ4n) is 4.25. The van der Waals surface area contributed by atoms with E-state index < -0.39 is 0 Å². The third-order valence-corrected chi connectivity index (χ3v) is 6.11. The molecule has 0 atom stereocenters. The maximum atomic E-state index is 3.88. The van der Waals surface area contributed by atoms with Crippen LogP contribution in [0.1, 0.15) is 34.2 Å². The number of hydrogen-bond acceptors (Lipinski definition) is 0.